The molecule has 1 heterocycles. The zero-order valence-corrected chi connectivity index (χ0v) is 13.8. The fourth-order valence-electron chi connectivity index (χ4n) is 5.06. The molecule has 2 N–H and O–H groups in total. The van der Waals surface area contributed by atoms with E-state index in [0.717, 1.165) is 18.8 Å². The maximum atomic E-state index is 6.43. The fraction of sp³-hybridized carbons (Fsp3) is 0.667. The summed E-state index contributed by atoms with van der Waals surface area (Å²) in [6.07, 6.45) is 3.42. The molecular weight excluding hydrogens is 273 g/mol. The standard InChI is InChI=1S/C18H26BNO2/c1-17(2)13-10-14(17)18(3)15(11-13)21-19(22-18)16(20)9-12-7-5-4-6-8-12/h4-8,13-16H,9-11,20H2,1-3H3/t13-,14+,15-,16?,18+/m1/s1. The Morgan fingerprint density at radius 1 is 1.23 bits per heavy atom. The number of rotatable bonds is 3. The molecule has 118 valence electrons. The first-order chi connectivity index (χ1) is 10.4. The molecule has 2 bridgehead atoms. The Hall–Kier alpha value is -0.835. The van der Waals surface area contributed by atoms with Gasteiger partial charge in [-0.05, 0) is 49.0 Å². The summed E-state index contributed by atoms with van der Waals surface area (Å²) in [4.78, 5) is 0. The van der Waals surface area contributed by atoms with Gasteiger partial charge in [-0.25, -0.2) is 0 Å². The van der Waals surface area contributed by atoms with Crippen LogP contribution in [-0.2, 0) is 15.7 Å². The molecule has 0 spiro atoms. The monoisotopic (exact) mass is 299 g/mol. The van der Waals surface area contributed by atoms with E-state index >= 15 is 0 Å². The quantitative estimate of drug-likeness (QED) is 0.873. The summed E-state index contributed by atoms with van der Waals surface area (Å²) in [6, 6.07) is 10.4. The smallest absolute Gasteiger partial charge is 0.404 e. The van der Waals surface area contributed by atoms with Crippen LogP contribution in [0.2, 0.25) is 0 Å². The Morgan fingerprint density at radius 3 is 2.64 bits per heavy atom. The molecule has 3 saturated carbocycles. The topological polar surface area (TPSA) is 44.5 Å². The minimum absolute atomic E-state index is 0.106. The molecule has 0 aromatic heterocycles. The third-order valence-corrected chi connectivity index (χ3v) is 6.63. The molecule has 4 aliphatic rings. The highest BCUT2D eigenvalue weighted by atomic mass is 16.7. The van der Waals surface area contributed by atoms with Gasteiger partial charge in [-0.15, -0.1) is 0 Å². The lowest BCUT2D eigenvalue weighted by Crippen LogP contribution is -2.65. The second-order valence-electron chi connectivity index (χ2n) is 8.19. The Morgan fingerprint density at radius 2 is 1.95 bits per heavy atom. The van der Waals surface area contributed by atoms with E-state index in [1.807, 2.05) is 6.07 Å². The predicted molar refractivity (Wildman–Crippen MR) is 88.2 cm³/mol. The lowest BCUT2D eigenvalue weighted by Gasteiger charge is -2.64. The third kappa shape index (κ3) is 2.00. The largest absolute Gasteiger partial charge is 0.475 e. The number of nitrogens with two attached hydrogens (primary N) is 1. The first-order valence-corrected chi connectivity index (χ1v) is 8.54. The molecule has 5 rings (SSSR count). The van der Waals surface area contributed by atoms with Crippen LogP contribution in [0.15, 0.2) is 30.3 Å². The van der Waals surface area contributed by atoms with E-state index in [-0.39, 0.29) is 24.8 Å². The van der Waals surface area contributed by atoms with E-state index in [1.54, 1.807) is 0 Å². The highest BCUT2D eigenvalue weighted by molar-refractivity contribution is 6.47. The van der Waals surface area contributed by atoms with Crippen LogP contribution in [0.4, 0.5) is 0 Å². The van der Waals surface area contributed by atoms with Gasteiger partial charge in [0.05, 0.1) is 11.7 Å². The van der Waals surface area contributed by atoms with Gasteiger partial charge in [0, 0.05) is 5.94 Å². The van der Waals surface area contributed by atoms with E-state index < -0.39 is 0 Å². The van der Waals surface area contributed by atoms with Crippen LogP contribution in [0.3, 0.4) is 0 Å². The summed E-state index contributed by atoms with van der Waals surface area (Å²) < 4.78 is 12.7. The average Bonchev–Trinajstić information content (AvgIpc) is 2.85. The van der Waals surface area contributed by atoms with Gasteiger partial charge in [-0.2, -0.15) is 0 Å². The van der Waals surface area contributed by atoms with Gasteiger partial charge < -0.3 is 15.0 Å². The molecule has 1 aromatic rings. The van der Waals surface area contributed by atoms with Crippen molar-refractivity contribution >= 4 is 7.12 Å². The summed E-state index contributed by atoms with van der Waals surface area (Å²) >= 11 is 0. The predicted octanol–water partition coefficient (Wildman–Crippen LogP) is 2.82. The molecule has 3 aliphatic carbocycles. The van der Waals surface area contributed by atoms with Crippen LogP contribution in [0.25, 0.3) is 0 Å². The lowest BCUT2D eigenvalue weighted by atomic mass is 9.43. The van der Waals surface area contributed by atoms with Gasteiger partial charge >= 0.3 is 7.12 Å². The molecule has 5 atom stereocenters. The maximum Gasteiger partial charge on any atom is 0.475 e. The molecular formula is C18H26BNO2. The van der Waals surface area contributed by atoms with Crippen molar-refractivity contribution in [1.82, 2.24) is 0 Å². The van der Waals surface area contributed by atoms with Crippen molar-refractivity contribution in [2.24, 2.45) is 23.0 Å². The number of benzene rings is 1. The summed E-state index contributed by atoms with van der Waals surface area (Å²) in [5.74, 6) is 1.27. The summed E-state index contributed by atoms with van der Waals surface area (Å²) in [7, 11) is -0.273. The Labute approximate surface area is 133 Å². The molecule has 1 saturated heterocycles. The molecule has 0 radical (unpaired) electrons. The molecule has 1 aliphatic heterocycles. The number of hydrogen-bond acceptors (Lipinski definition) is 3. The number of hydrogen-bond donors (Lipinski definition) is 1. The van der Waals surface area contributed by atoms with Gasteiger partial charge in [0.2, 0.25) is 0 Å². The Kier molecular flexibility index (Phi) is 3.23. The van der Waals surface area contributed by atoms with Gasteiger partial charge in [0.15, 0.2) is 0 Å². The molecule has 4 heteroatoms. The van der Waals surface area contributed by atoms with Crippen molar-refractivity contribution in [3.05, 3.63) is 35.9 Å². The van der Waals surface area contributed by atoms with Crippen LogP contribution in [0, 0.1) is 17.3 Å². The molecule has 1 unspecified atom stereocenters. The van der Waals surface area contributed by atoms with E-state index in [1.165, 1.54) is 12.0 Å². The first-order valence-electron chi connectivity index (χ1n) is 8.54. The third-order valence-electron chi connectivity index (χ3n) is 6.63. The van der Waals surface area contributed by atoms with Crippen LogP contribution >= 0.6 is 0 Å². The summed E-state index contributed by atoms with van der Waals surface area (Å²) in [6.45, 7) is 7.01. The van der Waals surface area contributed by atoms with Gasteiger partial charge in [0.25, 0.3) is 0 Å². The van der Waals surface area contributed by atoms with Crippen LogP contribution in [0.1, 0.15) is 39.2 Å². The van der Waals surface area contributed by atoms with Crippen molar-refractivity contribution in [2.45, 2.75) is 57.7 Å². The molecule has 4 fully saturated rings. The minimum atomic E-state index is -0.273. The molecule has 1 aromatic carbocycles. The maximum absolute atomic E-state index is 6.43. The van der Waals surface area contributed by atoms with Crippen molar-refractivity contribution in [1.29, 1.82) is 0 Å². The van der Waals surface area contributed by atoms with Crippen molar-refractivity contribution in [3.8, 4) is 0 Å². The summed E-state index contributed by atoms with van der Waals surface area (Å²) in [5, 5.41) is 0. The Balaban J connectivity index is 1.48. The lowest BCUT2D eigenvalue weighted by molar-refractivity contribution is -0.199. The minimum Gasteiger partial charge on any atom is -0.404 e. The Bertz CT molecular complexity index is 563. The second-order valence-corrected chi connectivity index (χ2v) is 8.19. The van der Waals surface area contributed by atoms with Crippen molar-refractivity contribution in [3.63, 3.8) is 0 Å². The first kappa shape index (κ1) is 14.7. The molecule has 3 nitrogen and oxygen atoms in total. The van der Waals surface area contributed by atoms with E-state index in [4.69, 9.17) is 15.0 Å². The average molecular weight is 299 g/mol. The van der Waals surface area contributed by atoms with Gasteiger partial charge in [0.1, 0.15) is 0 Å². The SMILES string of the molecule is CC1(C)[C@H]2C[C@H]3OB(C(N)Cc4ccccc4)O[C@@]3(C)[C@H]1C2. The highest BCUT2D eigenvalue weighted by Crippen LogP contribution is 2.65. The van der Waals surface area contributed by atoms with Crippen molar-refractivity contribution in [2.75, 3.05) is 0 Å². The second kappa shape index (κ2) is 4.83. The fourth-order valence-corrected chi connectivity index (χ4v) is 5.06. The summed E-state index contributed by atoms with van der Waals surface area (Å²) in [5.41, 5.74) is 7.87. The molecule has 0 amide bonds. The van der Waals surface area contributed by atoms with Crippen molar-refractivity contribution < 1.29 is 9.31 Å². The van der Waals surface area contributed by atoms with Crippen LogP contribution in [-0.4, -0.2) is 24.8 Å². The van der Waals surface area contributed by atoms with Crippen LogP contribution < -0.4 is 5.73 Å². The van der Waals surface area contributed by atoms with Gasteiger partial charge in [-0.1, -0.05) is 44.2 Å². The zero-order chi connectivity index (χ0) is 15.5. The van der Waals surface area contributed by atoms with E-state index in [9.17, 15) is 0 Å². The molecule has 22 heavy (non-hydrogen) atoms. The van der Waals surface area contributed by atoms with E-state index in [0.29, 0.717) is 11.3 Å². The van der Waals surface area contributed by atoms with Gasteiger partial charge in [-0.3, -0.25) is 0 Å². The normalized spacial score (nSPS) is 40.0. The van der Waals surface area contributed by atoms with E-state index in [2.05, 4.69) is 45.0 Å². The highest BCUT2D eigenvalue weighted by Gasteiger charge is 2.68. The zero-order valence-electron chi connectivity index (χ0n) is 13.8. The van der Waals surface area contributed by atoms with Crippen LogP contribution in [0.5, 0.6) is 0 Å².